The Morgan fingerprint density at radius 1 is 1.44 bits per heavy atom. The second kappa shape index (κ2) is 5.19. The molecule has 0 unspecified atom stereocenters. The standard InChI is InChI=1S/C14H12N2O2/c1-2-3-8-15-13-11-7-5-4-6-10(11)9-12(16-13)14(17)18/h1,4-7,9H,3,8H2,(H,15,16)(H,17,18). The van der Waals surface area contributed by atoms with Gasteiger partial charge in [-0.15, -0.1) is 12.3 Å². The molecule has 0 saturated carbocycles. The van der Waals surface area contributed by atoms with Crippen LogP contribution in [0.15, 0.2) is 30.3 Å². The lowest BCUT2D eigenvalue weighted by atomic mass is 10.1. The van der Waals surface area contributed by atoms with Gasteiger partial charge in [0, 0.05) is 18.4 Å². The number of fused-ring (bicyclic) bond motifs is 1. The molecule has 1 aromatic carbocycles. The Bertz CT molecular complexity index is 629. The van der Waals surface area contributed by atoms with Gasteiger partial charge in [0.25, 0.3) is 0 Å². The van der Waals surface area contributed by atoms with Crippen LogP contribution in [0.3, 0.4) is 0 Å². The van der Waals surface area contributed by atoms with E-state index in [-0.39, 0.29) is 5.69 Å². The molecule has 0 amide bonds. The van der Waals surface area contributed by atoms with E-state index in [0.29, 0.717) is 18.8 Å². The van der Waals surface area contributed by atoms with Crippen molar-refractivity contribution in [1.29, 1.82) is 0 Å². The quantitative estimate of drug-likeness (QED) is 0.636. The number of carbonyl (C=O) groups is 1. The molecular formula is C14H12N2O2. The molecule has 0 spiro atoms. The van der Waals surface area contributed by atoms with Crippen molar-refractivity contribution in [1.82, 2.24) is 4.98 Å². The number of nitrogens with zero attached hydrogens (tertiary/aromatic N) is 1. The van der Waals surface area contributed by atoms with Crippen LogP contribution in [0.5, 0.6) is 0 Å². The van der Waals surface area contributed by atoms with Gasteiger partial charge in [0.15, 0.2) is 5.69 Å². The lowest BCUT2D eigenvalue weighted by Crippen LogP contribution is -2.07. The molecule has 0 aliphatic carbocycles. The average Bonchev–Trinajstić information content (AvgIpc) is 2.38. The Morgan fingerprint density at radius 2 is 2.22 bits per heavy atom. The summed E-state index contributed by atoms with van der Waals surface area (Å²) in [5.41, 5.74) is 0.0249. The summed E-state index contributed by atoms with van der Waals surface area (Å²) in [6.07, 6.45) is 5.74. The monoisotopic (exact) mass is 240 g/mol. The minimum absolute atomic E-state index is 0.0249. The van der Waals surface area contributed by atoms with E-state index in [1.54, 1.807) is 6.07 Å². The topological polar surface area (TPSA) is 62.2 Å². The fourth-order valence-corrected chi connectivity index (χ4v) is 1.70. The molecule has 90 valence electrons. The third-order valence-electron chi connectivity index (χ3n) is 2.52. The van der Waals surface area contributed by atoms with Gasteiger partial charge < -0.3 is 10.4 Å². The summed E-state index contributed by atoms with van der Waals surface area (Å²) in [5, 5.41) is 13.8. The zero-order valence-corrected chi connectivity index (χ0v) is 9.68. The van der Waals surface area contributed by atoms with Crippen molar-refractivity contribution in [2.24, 2.45) is 0 Å². The number of anilines is 1. The van der Waals surface area contributed by atoms with E-state index in [1.807, 2.05) is 24.3 Å². The van der Waals surface area contributed by atoms with Gasteiger partial charge in [-0.25, -0.2) is 9.78 Å². The van der Waals surface area contributed by atoms with Gasteiger partial charge in [-0.05, 0) is 11.5 Å². The number of terminal acetylenes is 1. The number of rotatable bonds is 4. The van der Waals surface area contributed by atoms with Crippen LogP contribution in [0.2, 0.25) is 0 Å². The van der Waals surface area contributed by atoms with E-state index in [4.69, 9.17) is 11.5 Å². The zero-order valence-electron chi connectivity index (χ0n) is 9.68. The highest BCUT2D eigenvalue weighted by Gasteiger charge is 2.10. The summed E-state index contributed by atoms with van der Waals surface area (Å²) < 4.78 is 0. The van der Waals surface area contributed by atoms with Crippen LogP contribution in [0.1, 0.15) is 16.9 Å². The van der Waals surface area contributed by atoms with Crippen LogP contribution in [-0.4, -0.2) is 22.6 Å². The maximum atomic E-state index is 11.0. The van der Waals surface area contributed by atoms with Crippen LogP contribution in [0.25, 0.3) is 10.8 Å². The Kier molecular flexibility index (Phi) is 3.44. The van der Waals surface area contributed by atoms with Gasteiger partial charge in [-0.2, -0.15) is 0 Å². The van der Waals surface area contributed by atoms with Crippen molar-refractivity contribution in [3.63, 3.8) is 0 Å². The van der Waals surface area contributed by atoms with Gasteiger partial charge in [0.1, 0.15) is 5.82 Å². The minimum Gasteiger partial charge on any atom is -0.477 e. The molecule has 1 heterocycles. The van der Waals surface area contributed by atoms with Gasteiger partial charge in [-0.1, -0.05) is 24.3 Å². The van der Waals surface area contributed by atoms with Crippen molar-refractivity contribution in [2.45, 2.75) is 6.42 Å². The van der Waals surface area contributed by atoms with Crippen LogP contribution in [0, 0.1) is 12.3 Å². The lowest BCUT2D eigenvalue weighted by molar-refractivity contribution is 0.0691. The highest BCUT2D eigenvalue weighted by molar-refractivity contribution is 5.97. The first-order chi connectivity index (χ1) is 8.72. The van der Waals surface area contributed by atoms with Crippen LogP contribution in [0.4, 0.5) is 5.82 Å². The molecule has 4 heteroatoms. The van der Waals surface area contributed by atoms with E-state index < -0.39 is 5.97 Å². The maximum absolute atomic E-state index is 11.0. The lowest BCUT2D eigenvalue weighted by Gasteiger charge is -2.08. The van der Waals surface area contributed by atoms with Crippen LogP contribution < -0.4 is 5.32 Å². The van der Waals surface area contributed by atoms with E-state index in [2.05, 4.69) is 16.2 Å². The molecule has 1 aromatic heterocycles. The third-order valence-corrected chi connectivity index (χ3v) is 2.52. The number of benzene rings is 1. The third kappa shape index (κ3) is 2.41. The SMILES string of the molecule is C#CCCNc1nc(C(=O)O)cc2ccccc12. The number of nitrogens with one attached hydrogen (secondary N) is 1. The first-order valence-corrected chi connectivity index (χ1v) is 5.53. The van der Waals surface area contributed by atoms with Gasteiger partial charge in [-0.3, -0.25) is 0 Å². The summed E-state index contributed by atoms with van der Waals surface area (Å²) >= 11 is 0. The molecule has 0 bridgehead atoms. The van der Waals surface area contributed by atoms with Crippen LogP contribution in [-0.2, 0) is 0 Å². The second-order valence-corrected chi connectivity index (χ2v) is 3.76. The van der Waals surface area contributed by atoms with E-state index in [9.17, 15) is 4.79 Å². The number of aromatic carboxylic acids is 1. The summed E-state index contributed by atoms with van der Waals surface area (Å²) in [6.45, 7) is 0.566. The molecule has 2 N–H and O–H groups in total. The number of carboxylic acid groups (broad SMARTS) is 1. The average molecular weight is 240 g/mol. The molecular weight excluding hydrogens is 228 g/mol. The molecule has 0 aliphatic rings. The minimum atomic E-state index is -1.04. The summed E-state index contributed by atoms with van der Waals surface area (Å²) in [4.78, 5) is 15.1. The fourth-order valence-electron chi connectivity index (χ4n) is 1.70. The number of pyridine rings is 1. The Balaban J connectivity index is 2.47. The van der Waals surface area contributed by atoms with E-state index >= 15 is 0 Å². The Labute approximate surface area is 105 Å². The number of hydrogen-bond donors (Lipinski definition) is 2. The second-order valence-electron chi connectivity index (χ2n) is 3.76. The van der Waals surface area contributed by atoms with Crippen molar-refractivity contribution in [3.8, 4) is 12.3 Å². The van der Waals surface area contributed by atoms with Crippen molar-refractivity contribution in [2.75, 3.05) is 11.9 Å². The van der Waals surface area contributed by atoms with E-state index in [1.165, 1.54) is 0 Å². The maximum Gasteiger partial charge on any atom is 0.354 e. The highest BCUT2D eigenvalue weighted by atomic mass is 16.4. The van der Waals surface area contributed by atoms with Gasteiger partial charge >= 0.3 is 5.97 Å². The molecule has 4 nitrogen and oxygen atoms in total. The van der Waals surface area contributed by atoms with Crippen molar-refractivity contribution >= 4 is 22.6 Å². The number of aromatic nitrogens is 1. The molecule has 18 heavy (non-hydrogen) atoms. The predicted octanol–water partition coefficient (Wildman–Crippen LogP) is 2.37. The summed E-state index contributed by atoms with van der Waals surface area (Å²) in [6, 6.07) is 9.06. The highest BCUT2D eigenvalue weighted by Crippen LogP contribution is 2.22. The van der Waals surface area contributed by atoms with Gasteiger partial charge in [0.2, 0.25) is 0 Å². The molecule has 0 atom stereocenters. The first kappa shape index (κ1) is 11.9. The molecule has 0 radical (unpaired) electrons. The Hall–Kier alpha value is -2.54. The smallest absolute Gasteiger partial charge is 0.354 e. The molecule has 0 aliphatic heterocycles. The first-order valence-electron chi connectivity index (χ1n) is 5.53. The fraction of sp³-hybridized carbons (Fsp3) is 0.143. The molecule has 2 aromatic rings. The molecule has 0 saturated heterocycles. The summed E-state index contributed by atoms with van der Waals surface area (Å²) in [5.74, 6) is 2.03. The predicted molar refractivity (Wildman–Crippen MR) is 70.6 cm³/mol. The largest absolute Gasteiger partial charge is 0.477 e. The van der Waals surface area contributed by atoms with Crippen molar-refractivity contribution < 1.29 is 9.90 Å². The van der Waals surface area contributed by atoms with E-state index in [0.717, 1.165) is 10.8 Å². The van der Waals surface area contributed by atoms with Crippen LogP contribution >= 0.6 is 0 Å². The summed E-state index contributed by atoms with van der Waals surface area (Å²) in [7, 11) is 0. The normalized spacial score (nSPS) is 9.94. The number of carboxylic acids is 1. The molecule has 0 fully saturated rings. The number of hydrogen-bond acceptors (Lipinski definition) is 3. The van der Waals surface area contributed by atoms with Gasteiger partial charge in [0.05, 0.1) is 0 Å². The van der Waals surface area contributed by atoms with Crippen molar-refractivity contribution in [3.05, 3.63) is 36.0 Å². The molecule has 2 rings (SSSR count). The zero-order chi connectivity index (χ0) is 13.0. The Morgan fingerprint density at radius 3 is 2.94 bits per heavy atom.